The molecule has 0 saturated heterocycles. The quantitative estimate of drug-likeness (QED) is 0.322. The molecule has 5 nitrogen and oxygen atoms in total. The van der Waals surface area contributed by atoms with Crippen LogP contribution in [0.5, 0.6) is 0 Å². The van der Waals surface area contributed by atoms with Gasteiger partial charge >= 0.3 is 0 Å². The summed E-state index contributed by atoms with van der Waals surface area (Å²) in [6.07, 6.45) is 9.43. The van der Waals surface area contributed by atoms with E-state index in [1.165, 1.54) is 25.7 Å². The standard InChI is InChI=1S/C16H29N3O2/c1-12-7-3-4-8-13(12)11-18-15(20)16(14(17)19-21)9-5-2-6-10-16/h12-13,21H,2-11H2,1H3,(H2,17,19)(H,18,20). The fourth-order valence-electron chi connectivity index (χ4n) is 3.94. The van der Waals surface area contributed by atoms with Crippen LogP contribution in [0, 0.1) is 17.3 Å². The topological polar surface area (TPSA) is 87.7 Å². The van der Waals surface area contributed by atoms with E-state index in [2.05, 4.69) is 17.4 Å². The lowest BCUT2D eigenvalue weighted by atomic mass is 9.72. The number of nitrogens with zero attached hydrogens (tertiary/aromatic N) is 1. The van der Waals surface area contributed by atoms with Crippen molar-refractivity contribution in [2.75, 3.05) is 6.54 Å². The van der Waals surface area contributed by atoms with Gasteiger partial charge in [0.2, 0.25) is 5.91 Å². The van der Waals surface area contributed by atoms with Gasteiger partial charge in [-0.15, -0.1) is 0 Å². The van der Waals surface area contributed by atoms with Crippen LogP contribution in [0.1, 0.15) is 64.7 Å². The number of amides is 1. The zero-order chi connectivity index (χ0) is 15.3. The number of rotatable bonds is 4. The number of nitrogens with one attached hydrogen (secondary N) is 1. The number of hydrogen-bond donors (Lipinski definition) is 3. The molecular weight excluding hydrogens is 266 g/mol. The third kappa shape index (κ3) is 3.50. The Labute approximate surface area is 127 Å². The lowest BCUT2D eigenvalue weighted by Crippen LogP contribution is -2.52. The summed E-state index contributed by atoms with van der Waals surface area (Å²) in [6, 6.07) is 0. The van der Waals surface area contributed by atoms with Gasteiger partial charge in [0.25, 0.3) is 0 Å². The Bertz CT molecular complexity index is 389. The van der Waals surface area contributed by atoms with E-state index in [-0.39, 0.29) is 11.7 Å². The molecule has 1 amide bonds. The highest BCUT2D eigenvalue weighted by Gasteiger charge is 2.44. The van der Waals surface area contributed by atoms with Crippen LogP contribution in [0.2, 0.25) is 0 Å². The number of carbonyl (C=O) groups excluding carboxylic acids is 1. The maximum atomic E-state index is 12.7. The van der Waals surface area contributed by atoms with Crippen molar-refractivity contribution in [1.82, 2.24) is 5.32 Å². The molecule has 2 rings (SSSR count). The lowest BCUT2D eigenvalue weighted by molar-refractivity contribution is -0.129. The SMILES string of the molecule is CC1CCCCC1CNC(=O)C1(C(N)=NO)CCCCC1. The smallest absolute Gasteiger partial charge is 0.233 e. The van der Waals surface area contributed by atoms with Crippen LogP contribution in [0.25, 0.3) is 0 Å². The maximum Gasteiger partial charge on any atom is 0.233 e. The van der Waals surface area contributed by atoms with Gasteiger partial charge in [-0.25, -0.2) is 0 Å². The third-order valence-corrected chi connectivity index (χ3v) is 5.55. The predicted octanol–water partition coefficient (Wildman–Crippen LogP) is 2.63. The minimum Gasteiger partial charge on any atom is -0.409 e. The summed E-state index contributed by atoms with van der Waals surface area (Å²) in [7, 11) is 0. The Morgan fingerprint density at radius 1 is 1.24 bits per heavy atom. The normalized spacial score (nSPS) is 29.9. The highest BCUT2D eigenvalue weighted by atomic mass is 16.4. The molecule has 0 aromatic rings. The van der Waals surface area contributed by atoms with E-state index in [0.717, 1.165) is 25.8 Å². The first-order valence-electron chi connectivity index (χ1n) is 8.36. The van der Waals surface area contributed by atoms with Crippen molar-refractivity contribution in [3.05, 3.63) is 0 Å². The molecule has 0 spiro atoms. The molecule has 2 fully saturated rings. The number of hydrogen-bond acceptors (Lipinski definition) is 3. The first-order chi connectivity index (χ1) is 10.1. The Hall–Kier alpha value is -1.26. The third-order valence-electron chi connectivity index (χ3n) is 5.55. The summed E-state index contributed by atoms with van der Waals surface area (Å²) in [6.45, 7) is 3.00. The fourth-order valence-corrected chi connectivity index (χ4v) is 3.94. The van der Waals surface area contributed by atoms with Crippen molar-refractivity contribution in [2.45, 2.75) is 64.7 Å². The summed E-state index contributed by atoms with van der Waals surface area (Å²) < 4.78 is 0. The second-order valence-electron chi connectivity index (χ2n) is 6.86. The maximum absolute atomic E-state index is 12.7. The number of nitrogens with two attached hydrogens (primary N) is 1. The second-order valence-corrected chi connectivity index (χ2v) is 6.86. The molecular formula is C16H29N3O2. The van der Waals surface area contributed by atoms with Gasteiger partial charge in [-0.1, -0.05) is 50.6 Å². The van der Waals surface area contributed by atoms with Gasteiger partial charge in [0.1, 0.15) is 5.41 Å². The first kappa shape index (κ1) is 16.1. The summed E-state index contributed by atoms with van der Waals surface area (Å²) in [4.78, 5) is 12.7. The van der Waals surface area contributed by atoms with Gasteiger partial charge in [0.15, 0.2) is 5.84 Å². The molecule has 2 unspecified atom stereocenters. The van der Waals surface area contributed by atoms with Gasteiger partial charge in [0.05, 0.1) is 0 Å². The van der Waals surface area contributed by atoms with Crippen molar-refractivity contribution < 1.29 is 10.0 Å². The molecule has 2 aliphatic carbocycles. The molecule has 5 heteroatoms. The van der Waals surface area contributed by atoms with Crippen molar-refractivity contribution >= 4 is 11.7 Å². The van der Waals surface area contributed by atoms with Crippen molar-refractivity contribution in [3.63, 3.8) is 0 Å². The zero-order valence-electron chi connectivity index (χ0n) is 13.1. The average Bonchev–Trinajstić information content (AvgIpc) is 2.53. The summed E-state index contributed by atoms with van der Waals surface area (Å²) in [5.74, 6) is 1.27. The Morgan fingerprint density at radius 2 is 1.90 bits per heavy atom. The molecule has 21 heavy (non-hydrogen) atoms. The second kappa shape index (κ2) is 7.14. The van der Waals surface area contributed by atoms with Gasteiger partial charge in [-0.3, -0.25) is 4.79 Å². The molecule has 0 aromatic carbocycles. The van der Waals surface area contributed by atoms with E-state index in [1.54, 1.807) is 0 Å². The number of amidine groups is 1. The highest BCUT2D eigenvalue weighted by molar-refractivity contribution is 6.06. The summed E-state index contributed by atoms with van der Waals surface area (Å²) >= 11 is 0. The molecule has 2 atom stereocenters. The molecule has 0 radical (unpaired) electrons. The van der Waals surface area contributed by atoms with Crippen LogP contribution in [0.4, 0.5) is 0 Å². The van der Waals surface area contributed by atoms with Crippen LogP contribution in [-0.2, 0) is 4.79 Å². The van der Waals surface area contributed by atoms with E-state index in [9.17, 15) is 4.79 Å². The molecule has 2 saturated carbocycles. The van der Waals surface area contributed by atoms with Crippen molar-refractivity contribution in [2.24, 2.45) is 28.1 Å². The number of oxime groups is 1. The Morgan fingerprint density at radius 3 is 2.52 bits per heavy atom. The van der Waals surface area contributed by atoms with Crippen molar-refractivity contribution in [3.8, 4) is 0 Å². The van der Waals surface area contributed by atoms with Gasteiger partial charge in [-0.05, 0) is 31.1 Å². The van der Waals surface area contributed by atoms with Crippen LogP contribution in [0.15, 0.2) is 5.16 Å². The molecule has 2 aliphatic rings. The lowest BCUT2D eigenvalue weighted by Gasteiger charge is -2.36. The molecule has 0 aliphatic heterocycles. The van der Waals surface area contributed by atoms with Gasteiger partial charge in [-0.2, -0.15) is 0 Å². The molecule has 120 valence electrons. The molecule has 0 heterocycles. The highest BCUT2D eigenvalue weighted by Crippen LogP contribution is 2.37. The predicted molar refractivity (Wildman–Crippen MR) is 83.1 cm³/mol. The van der Waals surface area contributed by atoms with Crippen LogP contribution in [-0.4, -0.2) is 23.5 Å². The van der Waals surface area contributed by atoms with Gasteiger partial charge < -0.3 is 16.3 Å². The van der Waals surface area contributed by atoms with E-state index >= 15 is 0 Å². The number of carbonyl (C=O) groups is 1. The summed E-state index contributed by atoms with van der Waals surface area (Å²) in [5, 5.41) is 15.3. The van der Waals surface area contributed by atoms with Crippen LogP contribution < -0.4 is 11.1 Å². The monoisotopic (exact) mass is 295 g/mol. The minimum atomic E-state index is -0.787. The van der Waals surface area contributed by atoms with E-state index in [0.29, 0.717) is 24.7 Å². The molecule has 4 N–H and O–H groups in total. The largest absolute Gasteiger partial charge is 0.409 e. The zero-order valence-corrected chi connectivity index (χ0v) is 13.1. The molecule has 0 bridgehead atoms. The minimum absolute atomic E-state index is 0.0460. The van der Waals surface area contributed by atoms with Gasteiger partial charge in [0, 0.05) is 6.54 Å². The summed E-state index contributed by atoms with van der Waals surface area (Å²) in [5.41, 5.74) is 5.07. The fraction of sp³-hybridized carbons (Fsp3) is 0.875. The first-order valence-corrected chi connectivity index (χ1v) is 8.36. The van der Waals surface area contributed by atoms with E-state index in [4.69, 9.17) is 10.9 Å². The Kier molecular flexibility index (Phi) is 5.48. The van der Waals surface area contributed by atoms with E-state index in [1.807, 2.05) is 0 Å². The molecule has 0 aromatic heterocycles. The van der Waals surface area contributed by atoms with Crippen LogP contribution in [0.3, 0.4) is 0 Å². The van der Waals surface area contributed by atoms with E-state index < -0.39 is 5.41 Å². The van der Waals surface area contributed by atoms with Crippen LogP contribution >= 0.6 is 0 Å². The van der Waals surface area contributed by atoms with Crippen molar-refractivity contribution in [1.29, 1.82) is 0 Å². The average molecular weight is 295 g/mol. The Balaban J connectivity index is 1.98.